The number of amides is 1. The van der Waals surface area contributed by atoms with E-state index in [1.165, 1.54) is 16.8 Å². The van der Waals surface area contributed by atoms with Gasteiger partial charge in [0, 0.05) is 12.1 Å². The van der Waals surface area contributed by atoms with Gasteiger partial charge in [-0.1, -0.05) is 53.7 Å². The first-order valence-electron chi connectivity index (χ1n) is 6.88. The lowest BCUT2D eigenvalue weighted by molar-refractivity contribution is -0.122. The van der Waals surface area contributed by atoms with Gasteiger partial charge in [0.25, 0.3) is 5.91 Å². The highest BCUT2D eigenvalue weighted by molar-refractivity contribution is 8.26. The van der Waals surface area contributed by atoms with E-state index in [0.29, 0.717) is 14.2 Å². The van der Waals surface area contributed by atoms with Crippen molar-refractivity contribution in [3.8, 4) is 0 Å². The van der Waals surface area contributed by atoms with Gasteiger partial charge in [-0.3, -0.25) is 9.80 Å². The van der Waals surface area contributed by atoms with Crippen LogP contribution < -0.4 is 5.01 Å². The molecule has 0 unspecified atom stereocenters. The van der Waals surface area contributed by atoms with E-state index >= 15 is 0 Å². The molecule has 2 aromatic rings. The molecule has 0 spiro atoms. The molecule has 1 heterocycles. The van der Waals surface area contributed by atoms with Crippen molar-refractivity contribution in [3.05, 3.63) is 70.1 Å². The highest BCUT2D eigenvalue weighted by Crippen LogP contribution is 2.34. The summed E-state index contributed by atoms with van der Waals surface area (Å²) in [6.07, 6.45) is 1.83. The molecule has 1 fully saturated rings. The molecular weight excluding hydrogens is 348 g/mol. The SMILES string of the molecule is CN(c1ccccc1)N1C(=O)/C(=C\c2ccc(Cl)cc2)SC1=S. The van der Waals surface area contributed by atoms with Crippen LogP contribution in [0.1, 0.15) is 5.56 Å². The quantitative estimate of drug-likeness (QED) is 0.590. The van der Waals surface area contributed by atoms with Crippen molar-refractivity contribution >= 4 is 57.6 Å². The Balaban J connectivity index is 1.86. The number of hydrogen-bond acceptors (Lipinski definition) is 4. The van der Waals surface area contributed by atoms with E-state index in [1.54, 1.807) is 17.1 Å². The van der Waals surface area contributed by atoms with E-state index < -0.39 is 0 Å². The number of para-hydroxylation sites is 1. The monoisotopic (exact) mass is 360 g/mol. The molecule has 0 bridgehead atoms. The lowest BCUT2D eigenvalue weighted by atomic mass is 10.2. The normalized spacial score (nSPS) is 16.3. The highest BCUT2D eigenvalue weighted by Gasteiger charge is 2.35. The maximum atomic E-state index is 12.7. The van der Waals surface area contributed by atoms with Gasteiger partial charge < -0.3 is 0 Å². The summed E-state index contributed by atoms with van der Waals surface area (Å²) in [5, 5.41) is 3.94. The number of thiocarbonyl (C=S) groups is 1. The number of halogens is 1. The van der Waals surface area contributed by atoms with Crippen molar-refractivity contribution in [3.63, 3.8) is 0 Å². The number of carbonyl (C=O) groups is 1. The summed E-state index contributed by atoms with van der Waals surface area (Å²) in [6.45, 7) is 0. The molecule has 0 radical (unpaired) electrons. The van der Waals surface area contributed by atoms with Gasteiger partial charge in [-0.15, -0.1) is 0 Å². The smallest absolute Gasteiger partial charge is 0.280 e. The molecule has 2 aromatic carbocycles. The number of nitrogens with zero attached hydrogens (tertiary/aromatic N) is 2. The molecule has 1 saturated heterocycles. The van der Waals surface area contributed by atoms with Crippen molar-refractivity contribution in [2.75, 3.05) is 12.1 Å². The van der Waals surface area contributed by atoms with Gasteiger partial charge in [-0.2, -0.15) is 5.01 Å². The molecule has 0 atom stereocenters. The Labute approximate surface area is 149 Å². The number of anilines is 1. The number of rotatable bonds is 3. The Kier molecular flexibility index (Phi) is 4.71. The molecule has 0 aliphatic carbocycles. The zero-order valence-corrected chi connectivity index (χ0v) is 14.7. The third-order valence-corrected chi connectivity index (χ3v) is 4.91. The predicted molar refractivity (Wildman–Crippen MR) is 101 cm³/mol. The van der Waals surface area contributed by atoms with Crippen molar-refractivity contribution in [2.45, 2.75) is 0 Å². The van der Waals surface area contributed by atoms with Crippen LogP contribution in [-0.4, -0.2) is 22.3 Å². The van der Waals surface area contributed by atoms with Gasteiger partial charge in [0.1, 0.15) is 0 Å². The number of hydrazine groups is 1. The standard InChI is InChI=1S/C17H13ClN2OS2/c1-19(14-5-3-2-4-6-14)20-16(21)15(23-17(20)22)11-12-7-9-13(18)10-8-12/h2-11H,1H3/b15-11+. The Morgan fingerprint density at radius 1 is 1.13 bits per heavy atom. The summed E-state index contributed by atoms with van der Waals surface area (Å²) < 4.78 is 0.515. The largest absolute Gasteiger partial charge is 0.285 e. The summed E-state index contributed by atoms with van der Waals surface area (Å²) in [4.78, 5) is 13.3. The second kappa shape index (κ2) is 6.74. The number of hydrogen-bond donors (Lipinski definition) is 0. The Hall–Kier alpha value is -1.82. The molecule has 0 aromatic heterocycles. The fourth-order valence-electron chi connectivity index (χ4n) is 2.19. The summed E-state index contributed by atoms with van der Waals surface area (Å²) in [7, 11) is 1.82. The number of thioether (sulfide) groups is 1. The minimum absolute atomic E-state index is 0.124. The fraction of sp³-hybridized carbons (Fsp3) is 0.0588. The molecule has 23 heavy (non-hydrogen) atoms. The van der Waals surface area contributed by atoms with Crippen LogP contribution in [0.2, 0.25) is 5.02 Å². The Morgan fingerprint density at radius 2 is 1.78 bits per heavy atom. The molecule has 6 heteroatoms. The summed E-state index contributed by atoms with van der Waals surface area (Å²) >= 11 is 12.6. The maximum absolute atomic E-state index is 12.7. The van der Waals surface area contributed by atoms with Crippen molar-refractivity contribution in [1.29, 1.82) is 0 Å². The molecule has 1 aliphatic heterocycles. The first kappa shape index (κ1) is 16.1. The zero-order valence-electron chi connectivity index (χ0n) is 12.3. The molecule has 3 rings (SSSR count). The lowest BCUT2D eigenvalue weighted by Crippen LogP contribution is -2.42. The molecule has 0 saturated carbocycles. The molecule has 0 N–H and O–H groups in total. The molecule has 1 aliphatic rings. The highest BCUT2D eigenvalue weighted by atomic mass is 35.5. The maximum Gasteiger partial charge on any atom is 0.285 e. The second-order valence-electron chi connectivity index (χ2n) is 4.90. The molecule has 3 nitrogen and oxygen atoms in total. The molecule has 116 valence electrons. The number of carbonyl (C=O) groups excluding carboxylic acids is 1. The van der Waals surface area contributed by atoms with Crippen molar-refractivity contribution < 1.29 is 4.79 Å². The second-order valence-corrected chi connectivity index (χ2v) is 7.02. The van der Waals surface area contributed by atoms with Crippen LogP contribution in [0.5, 0.6) is 0 Å². The fourth-order valence-corrected chi connectivity index (χ4v) is 3.64. The van der Waals surface area contributed by atoms with E-state index in [2.05, 4.69) is 0 Å². The molecule has 1 amide bonds. The van der Waals surface area contributed by atoms with Gasteiger partial charge in [0.2, 0.25) is 0 Å². The van der Waals surface area contributed by atoms with Crippen molar-refractivity contribution in [1.82, 2.24) is 5.01 Å². The van der Waals surface area contributed by atoms with Gasteiger partial charge >= 0.3 is 0 Å². The van der Waals surface area contributed by atoms with Gasteiger partial charge in [0.15, 0.2) is 4.32 Å². The van der Waals surface area contributed by atoms with Gasteiger partial charge in [0.05, 0.1) is 10.6 Å². The van der Waals surface area contributed by atoms with Gasteiger partial charge in [-0.25, -0.2) is 0 Å². The number of benzene rings is 2. The van der Waals surface area contributed by atoms with Crippen LogP contribution in [0.15, 0.2) is 59.5 Å². The van der Waals surface area contributed by atoms with E-state index in [0.717, 1.165) is 11.3 Å². The van der Waals surface area contributed by atoms with Crippen LogP contribution in [0.3, 0.4) is 0 Å². The Bertz CT molecular complexity index is 775. The lowest BCUT2D eigenvalue weighted by Gasteiger charge is -2.28. The third kappa shape index (κ3) is 3.42. The zero-order chi connectivity index (χ0) is 16.4. The van der Waals surface area contributed by atoms with E-state index in [4.69, 9.17) is 23.8 Å². The van der Waals surface area contributed by atoms with Crippen LogP contribution in [0, 0.1) is 0 Å². The Morgan fingerprint density at radius 3 is 2.43 bits per heavy atom. The average molecular weight is 361 g/mol. The van der Waals surface area contributed by atoms with Crippen LogP contribution in [0.25, 0.3) is 6.08 Å². The topological polar surface area (TPSA) is 23.6 Å². The summed E-state index contributed by atoms with van der Waals surface area (Å²) in [5.74, 6) is -0.124. The minimum Gasteiger partial charge on any atom is -0.280 e. The minimum atomic E-state index is -0.124. The van der Waals surface area contributed by atoms with Gasteiger partial charge in [-0.05, 0) is 48.1 Å². The van der Waals surface area contributed by atoms with Crippen LogP contribution in [0.4, 0.5) is 5.69 Å². The van der Waals surface area contributed by atoms with E-state index in [-0.39, 0.29) is 5.91 Å². The first-order valence-corrected chi connectivity index (χ1v) is 8.49. The van der Waals surface area contributed by atoms with E-state index in [9.17, 15) is 4.79 Å². The predicted octanol–water partition coefficient (Wildman–Crippen LogP) is 4.59. The van der Waals surface area contributed by atoms with E-state index in [1.807, 2.05) is 55.6 Å². The average Bonchev–Trinajstić information content (AvgIpc) is 2.84. The van der Waals surface area contributed by atoms with Crippen LogP contribution in [-0.2, 0) is 4.79 Å². The van der Waals surface area contributed by atoms with Crippen molar-refractivity contribution in [2.24, 2.45) is 0 Å². The third-order valence-electron chi connectivity index (χ3n) is 3.37. The summed E-state index contributed by atoms with van der Waals surface area (Å²) in [6, 6.07) is 17.0. The molecular formula is C17H13ClN2OS2. The van der Waals surface area contributed by atoms with Crippen LogP contribution >= 0.6 is 35.6 Å². The summed E-state index contributed by atoms with van der Waals surface area (Å²) in [5.41, 5.74) is 1.81. The first-order chi connectivity index (χ1) is 11.1.